The van der Waals surface area contributed by atoms with E-state index in [1.54, 1.807) is 0 Å². The molecule has 0 aromatic heterocycles. The number of unbranched alkanes of at least 4 members (excludes halogenated alkanes) is 23. The molecule has 3 atom stereocenters. The van der Waals surface area contributed by atoms with Gasteiger partial charge in [0.2, 0.25) is 0 Å². The molecule has 0 aliphatic carbocycles. The first kappa shape index (κ1) is 58.9. The SMILES string of the molecule is CCCCCCCCC(CCCCCC)CCCCCC(O)CN(CCCCCO)CCCCCCC(=O)OCC(CCCCCC)CCCCCCCC.O=CO. The van der Waals surface area contributed by atoms with Crippen LogP contribution in [0.1, 0.15) is 265 Å². The monoisotopic (exact) mass is 826 g/mol. The van der Waals surface area contributed by atoms with Gasteiger partial charge in [0.15, 0.2) is 0 Å². The first-order chi connectivity index (χ1) is 28.4. The lowest BCUT2D eigenvalue weighted by molar-refractivity contribution is -0.145. The number of carbonyl (C=O) groups excluding carboxylic acids is 1. The predicted octanol–water partition coefficient (Wildman–Crippen LogP) is 14.6. The highest BCUT2D eigenvalue weighted by Crippen LogP contribution is 2.25. The first-order valence-corrected chi connectivity index (χ1v) is 25.7. The van der Waals surface area contributed by atoms with Gasteiger partial charge in [-0.2, -0.15) is 0 Å². The van der Waals surface area contributed by atoms with Crippen molar-refractivity contribution in [3.05, 3.63) is 0 Å². The Morgan fingerprint density at radius 1 is 0.500 bits per heavy atom. The molecule has 58 heavy (non-hydrogen) atoms. The van der Waals surface area contributed by atoms with Crippen LogP contribution in [-0.4, -0.2) is 71.6 Å². The van der Waals surface area contributed by atoms with Crippen LogP contribution in [0.25, 0.3) is 0 Å². The molecular weight excluding hydrogens is 723 g/mol. The molecule has 0 aromatic carbocycles. The maximum Gasteiger partial charge on any atom is 0.305 e. The highest BCUT2D eigenvalue weighted by Gasteiger charge is 2.15. The van der Waals surface area contributed by atoms with Crippen molar-refractivity contribution >= 4 is 12.4 Å². The fourth-order valence-corrected chi connectivity index (χ4v) is 8.43. The largest absolute Gasteiger partial charge is 0.483 e. The van der Waals surface area contributed by atoms with E-state index < -0.39 is 0 Å². The smallest absolute Gasteiger partial charge is 0.305 e. The van der Waals surface area contributed by atoms with E-state index in [1.807, 2.05) is 0 Å². The van der Waals surface area contributed by atoms with Gasteiger partial charge in [0, 0.05) is 19.6 Å². The second-order valence-corrected chi connectivity index (χ2v) is 17.9. The van der Waals surface area contributed by atoms with Crippen molar-refractivity contribution in [3.63, 3.8) is 0 Å². The Bertz CT molecular complexity index is 797. The van der Waals surface area contributed by atoms with Crippen LogP contribution in [0.4, 0.5) is 0 Å². The Hall–Kier alpha value is -1.18. The maximum absolute atomic E-state index is 12.6. The fraction of sp³-hybridized carbons (Fsp3) is 0.961. The molecule has 0 saturated carbocycles. The lowest BCUT2D eigenvalue weighted by atomic mass is 9.89. The lowest BCUT2D eigenvalue weighted by Gasteiger charge is -2.25. The highest BCUT2D eigenvalue weighted by atomic mass is 16.5. The van der Waals surface area contributed by atoms with Gasteiger partial charge in [0.1, 0.15) is 0 Å². The number of hydrogen-bond donors (Lipinski definition) is 3. The molecule has 7 heteroatoms. The third-order valence-corrected chi connectivity index (χ3v) is 12.2. The summed E-state index contributed by atoms with van der Waals surface area (Å²) in [7, 11) is 0. The fourth-order valence-electron chi connectivity index (χ4n) is 8.43. The van der Waals surface area contributed by atoms with Crippen LogP contribution < -0.4 is 0 Å². The van der Waals surface area contributed by atoms with Gasteiger partial charge in [-0.05, 0) is 76.3 Å². The molecule has 0 aromatic rings. The van der Waals surface area contributed by atoms with Crippen LogP contribution >= 0.6 is 0 Å². The molecule has 0 bridgehead atoms. The van der Waals surface area contributed by atoms with E-state index in [0.717, 1.165) is 83.3 Å². The molecule has 0 radical (unpaired) electrons. The lowest BCUT2D eigenvalue weighted by Crippen LogP contribution is -2.34. The molecule has 348 valence electrons. The number of nitrogens with zero attached hydrogens (tertiary/aromatic N) is 1. The molecule has 0 amide bonds. The summed E-state index contributed by atoms with van der Waals surface area (Å²) in [4.78, 5) is 23.5. The maximum atomic E-state index is 12.6. The van der Waals surface area contributed by atoms with Gasteiger partial charge in [0.05, 0.1) is 12.7 Å². The second kappa shape index (κ2) is 50.2. The zero-order valence-corrected chi connectivity index (χ0v) is 39.5. The van der Waals surface area contributed by atoms with Gasteiger partial charge in [-0.1, -0.05) is 207 Å². The summed E-state index contributed by atoms with van der Waals surface area (Å²) in [6.07, 6.45) is 45.7. The van der Waals surface area contributed by atoms with Crippen LogP contribution in [0, 0.1) is 11.8 Å². The molecule has 0 spiro atoms. The zero-order valence-electron chi connectivity index (χ0n) is 39.5. The average Bonchev–Trinajstić information content (AvgIpc) is 3.21. The molecule has 0 fully saturated rings. The number of carbonyl (C=O) groups is 2. The number of carboxylic acid groups (broad SMARTS) is 1. The summed E-state index contributed by atoms with van der Waals surface area (Å²) in [5.41, 5.74) is 0. The molecule has 0 saturated heterocycles. The summed E-state index contributed by atoms with van der Waals surface area (Å²) >= 11 is 0. The molecular formula is C51H103NO6. The quantitative estimate of drug-likeness (QED) is 0.0319. The summed E-state index contributed by atoms with van der Waals surface area (Å²) in [6.45, 7) is 12.6. The Kier molecular flexibility index (Phi) is 51.0. The van der Waals surface area contributed by atoms with E-state index >= 15 is 0 Å². The highest BCUT2D eigenvalue weighted by molar-refractivity contribution is 5.69. The van der Waals surface area contributed by atoms with E-state index in [1.165, 1.54) is 173 Å². The van der Waals surface area contributed by atoms with Gasteiger partial charge < -0.3 is 25.0 Å². The first-order valence-electron chi connectivity index (χ1n) is 25.7. The molecule has 3 N–H and O–H groups in total. The van der Waals surface area contributed by atoms with Crippen molar-refractivity contribution in [1.29, 1.82) is 0 Å². The van der Waals surface area contributed by atoms with Crippen molar-refractivity contribution in [1.82, 2.24) is 4.90 Å². The van der Waals surface area contributed by atoms with Gasteiger partial charge in [-0.15, -0.1) is 0 Å². The Balaban J connectivity index is 0. The Morgan fingerprint density at radius 3 is 1.31 bits per heavy atom. The number of aliphatic hydroxyl groups excluding tert-OH is 2. The third-order valence-electron chi connectivity index (χ3n) is 12.2. The Labute approximate surface area is 362 Å². The van der Waals surface area contributed by atoms with Crippen LogP contribution in [-0.2, 0) is 14.3 Å². The molecule has 0 rings (SSSR count). The molecule has 0 aliphatic rings. The number of rotatable bonds is 46. The van der Waals surface area contributed by atoms with E-state index in [-0.39, 0.29) is 25.2 Å². The molecule has 0 aliphatic heterocycles. The van der Waals surface area contributed by atoms with Gasteiger partial charge in [-0.25, -0.2) is 0 Å². The van der Waals surface area contributed by atoms with E-state index in [0.29, 0.717) is 18.9 Å². The van der Waals surface area contributed by atoms with Gasteiger partial charge >= 0.3 is 5.97 Å². The standard InChI is InChI=1S/C50H101NO4.CH2O2/c1-5-9-13-17-19-27-36-47(35-25-15-11-7-3)37-29-23-30-40-49(53)45-51(43-33-24-34-44-52)42-32-22-21-31-41-50(54)55-46-48(38-26-16-12-8-4)39-28-20-18-14-10-6-2;2-1-3/h47-49,52-53H,5-46H2,1-4H3;1H,(H,2,3). The number of esters is 1. The molecule has 3 unspecified atom stereocenters. The minimum Gasteiger partial charge on any atom is -0.483 e. The predicted molar refractivity (Wildman–Crippen MR) is 250 cm³/mol. The third kappa shape index (κ3) is 45.9. The topological polar surface area (TPSA) is 107 Å². The molecule has 0 heterocycles. The minimum absolute atomic E-state index is 0.00423. The Morgan fingerprint density at radius 2 is 0.845 bits per heavy atom. The van der Waals surface area contributed by atoms with Crippen LogP contribution in [0.3, 0.4) is 0 Å². The van der Waals surface area contributed by atoms with Crippen molar-refractivity contribution in [3.8, 4) is 0 Å². The van der Waals surface area contributed by atoms with Crippen LogP contribution in [0.15, 0.2) is 0 Å². The van der Waals surface area contributed by atoms with Crippen molar-refractivity contribution in [2.24, 2.45) is 11.8 Å². The van der Waals surface area contributed by atoms with Gasteiger partial charge in [0.25, 0.3) is 6.47 Å². The second-order valence-electron chi connectivity index (χ2n) is 17.9. The summed E-state index contributed by atoms with van der Waals surface area (Å²) < 4.78 is 5.83. The van der Waals surface area contributed by atoms with E-state index in [4.69, 9.17) is 14.6 Å². The van der Waals surface area contributed by atoms with E-state index in [9.17, 15) is 15.0 Å². The van der Waals surface area contributed by atoms with Crippen molar-refractivity contribution < 1.29 is 29.6 Å². The number of hydrogen-bond acceptors (Lipinski definition) is 6. The van der Waals surface area contributed by atoms with Crippen LogP contribution in [0.2, 0.25) is 0 Å². The average molecular weight is 826 g/mol. The normalized spacial score (nSPS) is 12.9. The molecule has 7 nitrogen and oxygen atoms in total. The van der Waals surface area contributed by atoms with Gasteiger partial charge in [-0.3, -0.25) is 9.59 Å². The van der Waals surface area contributed by atoms with Crippen LogP contribution in [0.5, 0.6) is 0 Å². The zero-order chi connectivity index (χ0) is 43.0. The number of ether oxygens (including phenoxy) is 1. The minimum atomic E-state index is -0.253. The van der Waals surface area contributed by atoms with Crippen molar-refractivity contribution in [2.45, 2.75) is 271 Å². The number of aliphatic hydroxyl groups is 2. The summed E-state index contributed by atoms with van der Waals surface area (Å²) in [5, 5.41) is 27.2. The summed E-state index contributed by atoms with van der Waals surface area (Å²) in [5.74, 6) is 1.43. The van der Waals surface area contributed by atoms with Crippen molar-refractivity contribution in [2.75, 3.05) is 32.8 Å². The van der Waals surface area contributed by atoms with E-state index in [2.05, 4.69) is 32.6 Å². The summed E-state index contributed by atoms with van der Waals surface area (Å²) in [6, 6.07) is 0.